The molecule has 0 unspecified atom stereocenters. The molecule has 28 heavy (non-hydrogen) atoms. The van der Waals surface area contributed by atoms with Crippen LogP contribution in [0, 0.1) is 17.5 Å². The highest BCUT2D eigenvalue weighted by atomic mass is 19.2. The van der Waals surface area contributed by atoms with Gasteiger partial charge in [0.2, 0.25) is 0 Å². The van der Waals surface area contributed by atoms with Gasteiger partial charge in [-0.05, 0) is 49.9 Å². The number of anilines is 2. The number of H-pyrrole nitrogens is 1. The van der Waals surface area contributed by atoms with Gasteiger partial charge in [0, 0.05) is 11.5 Å². The van der Waals surface area contributed by atoms with E-state index >= 15 is 0 Å². The zero-order valence-corrected chi connectivity index (χ0v) is 14.7. The minimum atomic E-state index is -1.65. The summed E-state index contributed by atoms with van der Waals surface area (Å²) in [5, 5.41) is 12.0. The molecule has 1 aromatic heterocycles. The standard InChI is InChI=1S/C19H17F3N4O2/c20-13-7-8-14(17(22)16(13)21)23-19(27)24-18-12-6-5-11(9-15(12)25-26-18)28-10-3-1-2-4-10/h5-10H,1-4H2,(H3,23,24,25,26,27). The number of fused-ring (bicyclic) bond motifs is 1. The van der Waals surface area contributed by atoms with Gasteiger partial charge in [0.05, 0.1) is 17.3 Å². The average Bonchev–Trinajstić information content (AvgIpc) is 3.32. The molecule has 0 atom stereocenters. The van der Waals surface area contributed by atoms with E-state index in [1.807, 2.05) is 0 Å². The predicted molar refractivity (Wildman–Crippen MR) is 97.9 cm³/mol. The molecule has 0 bridgehead atoms. The molecule has 1 aliphatic carbocycles. The highest BCUT2D eigenvalue weighted by molar-refractivity contribution is 6.04. The fraction of sp³-hybridized carbons (Fsp3) is 0.263. The van der Waals surface area contributed by atoms with Gasteiger partial charge in [-0.15, -0.1) is 0 Å². The van der Waals surface area contributed by atoms with E-state index in [-0.39, 0.29) is 11.9 Å². The Morgan fingerprint density at radius 3 is 2.64 bits per heavy atom. The molecule has 0 aliphatic heterocycles. The lowest BCUT2D eigenvalue weighted by atomic mass is 10.2. The van der Waals surface area contributed by atoms with Gasteiger partial charge in [-0.3, -0.25) is 10.4 Å². The van der Waals surface area contributed by atoms with Crippen molar-refractivity contribution >= 4 is 28.4 Å². The molecular weight excluding hydrogens is 373 g/mol. The first-order valence-electron chi connectivity index (χ1n) is 8.87. The molecule has 0 saturated heterocycles. The smallest absolute Gasteiger partial charge is 0.324 e. The highest BCUT2D eigenvalue weighted by Crippen LogP contribution is 2.29. The fourth-order valence-corrected chi connectivity index (χ4v) is 3.25. The molecule has 146 valence electrons. The number of carbonyl (C=O) groups excluding carboxylic acids is 1. The third kappa shape index (κ3) is 3.60. The first kappa shape index (κ1) is 18.1. The van der Waals surface area contributed by atoms with Gasteiger partial charge in [-0.1, -0.05) is 0 Å². The predicted octanol–water partition coefficient (Wildman–Crippen LogP) is 4.95. The van der Waals surface area contributed by atoms with Crippen LogP contribution in [0.4, 0.5) is 29.5 Å². The summed E-state index contributed by atoms with van der Waals surface area (Å²) in [7, 11) is 0. The lowest BCUT2D eigenvalue weighted by Crippen LogP contribution is -2.21. The molecule has 1 heterocycles. The van der Waals surface area contributed by atoms with Crippen LogP contribution < -0.4 is 15.4 Å². The normalized spacial score (nSPS) is 14.4. The molecule has 3 aromatic rings. The second-order valence-electron chi connectivity index (χ2n) is 6.61. The minimum Gasteiger partial charge on any atom is -0.490 e. The van der Waals surface area contributed by atoms with Crippen LogP contribution in [0.2, 0.25) is 0 Å². The van der Waals surface area contributed by atoms with E-state index in [2.05, 4.69) is 20.8 Å². The van der Waals surface area contributed by atoms with Crippen molar-refractivity contribution in [1.82, 2.24) is 10.2 Å². The Hall–Kier alpha value is -3.23. The number of nitrogens with one attached hydrogen (secondary N) is 3. The maximum absolute atomic E-state index is 13.7. The molecule has 1 fully saturated rings. The van der Waals surface area contributed by atoms with E-state index in [1.54, 1.807) is 18.2 Å². The van der Waals surface area contributed by atoms with Gasteiger partial charge in [-0.25, -0.2) is 18.0 Å². The Bertz CT molecular complexity index is 1030. The Labute approximate surface area is 158 Å². The van der Waals surface area contributed by atoms with Gasteiger partial charge in [0.1, 0.15) is 5.75 Å². The number of carbonyl (C=O) groups is 1. The van der Waals surface area contributed by atoms with E-state index in [0.717, 1.165) is 25.0 Å². The Morgan fingerprint density at radius 1 is 1.07 bits per heavy atom. The summed E-state index contributed by atoms with van der Waals surface area (Å²) >= 11 is 0. The van der Waals surface area contributed by atoms with Crippen molar-refractivity contribution in [2.45, 2.75) is 31.8 Å². The van der Waals surface area contributed by atoms with Crippen LogP contribution in [-0.2, 0) is 0 Å². The SMILES string of the molecule is O=C(Nc1ccc(F)c(F)c1F)Nc1n[nH]c2cc(OC3CCCC3)ccc12. The Balaban J connectivity index is 1.47. The molecule has 2 amide bonds. The summed E-state index contributed by atoms with van der Waals surface area (Å²) in [6.45, 7) is 0. The lowest BCUT2D eigenvalue weighted by molar-refractivity contribution is 0.210. The quantitative estimate of drug-likeness (QED) is 0.552. The van der Waals surface area contributed by atoms with E-state index < -0.39 is 29.2 Å². The number of ether oxygens (including phenoxy) is 1. The summed E-state index contributed by atoms with van der Waals surface area (Å²) < 4.78 is 45.8. The van der Waals surface area contributed by atoms with Crippen molar-refractivity contribution in [3.63, 3.8) is 0 Å². The molecule has 0 radical (unpaired) electrons. The fourth-order valence-electron chi connectivity index (χ4n) is 3.25. The molecule has 6 nitrogen and oxygen atoms in total. The number of halogens is 3. The molecule has 0 spiro atoms. The molecule has 9 heteroatoms. The van der Waals surface area contributed by atoms with Gasteiger partial charge in [0.15, 0.2) is 23.3 Å². The van der Waals surface area contributed by atoms with Crippen molar-refractivity contribution in [2.24, 2.45) is 0 Å². The van der Waals surface area contributed by atoms with Gasteiger partial charge >= 0.3 is 6.03 Å². The Morgan fingerprint density at radius 2 is 1.86 bits per heavy atom. The number of aromatic amines is 1. The molecular formula is C19H17F3N4O2. The maximum Gasteiger partial charge on any atom is 0.324 e. The average molecular weight is 390 g/mol. The number of rotatable bonds is 4. The largest absolute Gasteiger partial charge is 0.490 e. The number of nitrogens with zero attached hydrogens (tertiary/aromatic N) is 1. The second-order valence-corrected chi connectivity index (χ2v) is 6.61. The first-order chi connectivity index (χ1) is 13.5. The van der Waals surface area contributed by atoms with Crippen LogP contribution in [0.1, 0.15) is 25.7 Å². The zero-order chi connectivity index (χ0) is 19.7. The molecule has 3 N–H and O–H groups in total. The van der Waals surface area contributed by atoms with E-state index in [1.165, 1.54) is 12.8 Å². The van der Waals surface area contributed by atoms with Crippen LogP contribution in [0.25, 0.3) is 10.9 Å². The first-order valence-corrected chi connectivity index (χ1v) is 8.87. The lowest BCUT2D eigenvalue weighted by Gasteiger charge is -2.12. The van der Waals surface area contributed by atoms with Crippen molar-refractivity contribution in [1.29, 1.82) is 0 Å². The van der Waals surface area contributed by atoms with Crippen LogP contribution in [0.3, 0.4) is 0 Å². The van der Waals surface area contributed by atoms with Gasteiger partial charge < -0.3 is 10.1 Å². The zero-order valence-electron chi connectivity index (χ0n) is 14.7. The highest BCUT2D eigenvalue weighted by Gasteiger charge is 2.18. The number of aromatic nitrogens is 2. The number of urea groups is 1. The summed E-state index contributed by atoms with van der Waals surface area (Å²) in [6.07, 6.45) is 4.62. The Kier molecular flexibility index (Phi) is 4.81. The number of hydrogen-bond acceptors (Lipinski definition) is 3. The van der Waals surface area contributed by atoms with Crippen molar-refractivity contribution in [2.75, 3.05) is 10.6 Å². The maximum atomic E-state index is 13.7. The summed E-state index contributed by atoms with van der Waals surface area (Å²) in [4.78, 5) is 12.1. The van der Waals surface area contributed by atoms with Gasteiger partial charge in [-0.2, -0.15) is 5.10 Å². The monoisotopic (exact) mass is 390 g/mol. The second kappa shape index (κ2) is 7.41. The third-order valence-electron chi connectivity index (χ3n) is 4.65. The topological polar surface area (TPSA) is 79.0 Å². The van der Waals surface area contributed by atoms with Crippen LogP contribution in [-0.4, -0.2) is 22.3 Å². The number of amides is 2. The van der Waals surface area contributed by atoms with Crippen LogP contribution in [0.15, 0.2) is 30.3 Å². The van der Waals surface area contributed by atoms with Gasteiger partial charge in [0.25, 0.3) is 0 Å². The van der Waals surface area contributed by atoms with E-state index in [0.29, 0.717) is 16.7 Å². The summed E-state index contributed by atoms with van der Waals surface area (Å²) in [5.41, 5.74) is 0.174. The van der Waals surface area contributed by atoms with Crippen molar-refractivity contribution in [3.8, 4) is 5.75 Å². The van der Waals surface area contributed by atoms with Crippen LogP contribution >= 0.6 is 0 Å². The van der Waals surface area contributed by atoms with Crippen molar-refractivity contribution in [3.05, 3.63) is 47.8 Å². The molecule has 1 aliphatic rings. The summed E-state index contributed by atoms with van der Waals surface area (Å²) in [6, 6.07) is 6.14. The molecule has 1 saturated carbocycles. The minimum absolute atomic E-state index is 0.211. The number of benzene rings is 2. The van der Waals surface area contributed by atoms with Crippen LogP contribution in [0.5, 0.6) is 5.75 Å². The third-order valence-corrected chi connectivity index (χ3v) is 4.65. The van der Waals surface area contributed by atoms with E-state index in [9.17, 15) is 18.0 Å². The van der Waals surface area contributed by atoms with Crippen molar-refractivity contribution < 1.29 is 22.7 Å². The number of hydrogen-bond donors (Lipinski definition) is 3. The van der Waals surface area contributed by atoms with E-state index in [4.69, 9.17) is 4.74 Å². The molecule has 2 aromatic carbocycles. The molecule has 4 rings (SSSR count). The summed E-state index contributed by atoms with van der Waals surface area (Å²) in [5.74, 6) is -3.54.